The molecule has 11 heteroatoms. The highest BCUT2D eigenvalue weighted by Crippen LogP contribution is 2.38. The molecule has 0 spiro atoms. The number of nitrogens with zero attached hydrogens (tertiary/aromatic N) is 3. The first-order chi connectivity index (χ1) is 12.9. The molecule has 28 heavy (non-hydrogen) atoms. The monoisotopic (exact) mass is 417 g/mol. The Morgan fingerprint density at radius 3 is 2.46 bits per heavy atom. The van der Waals surface area contributed by atoms with Gasteiger partial charge in [-0.3, -0.25) is 4.68 Å². The standard InChI is InChI=1S/C17H18F3N3O4S/c1-10-7-15(21-22(10)2)23-9-11(8-13(23)16(24)25)28(26,27)14-6-4-3-5-12(14)17(18,19)20/h3-7,11,13H,8-9H2,1-2H3,(H,24,25)/t11-,13+/m1/s1. The number of carboxylic acids is 1. The predicted octanol–water partition coefficient (Wildman–Crippen LogP) is 2.25. The van der Waals surface area contributed by atoms with Gasteiger partial charge in [0.1, 0.15) is 6.04 Å². The molecular weight excluding hydrogens is 399 g/mol. The fourth-order valence-electron chi connectivity index (χ4n) is 3.32. The van der Waals surface area contributed by atoms with Gasteiger partial charge in [-0.1, -0.05) is 12.1 Å². The second kappa shape index (κ2) is 6.80. The fourth-order valence-corrected chi connectivity index (χ4v) is 5.23. The number of hydrogen-bond acceptors (Lipinski definition) is 5. The summed E-state index contributed by atoms with van der Waals surface area (Å²) in [5.41, 5.74) is -0.526. The number of carbonyl (C=O) groups is 1. The summed E-state index contributed by atoms with van der Waals surface area (Å²) in [6.07, 6.45) is -5.17. The van der Waals surface area contributed by atoms with E-state index >= 15 is 0 Å². The Kier molecular flexibility index (Phi) is 4.90. The molecule has 1 aromatic carbocycles. The number of carboxylic acid groups (broad SMARTS) is 1. The van der Waals surface area contributed by atoms with Gasteiger partial charge in [0.05, 0.1) is 15.7 Å². The van der Waals surface area contributed by atoms with Crippen LogP contribution in [0.3, 0.4) is 0 Å². The van der Waals surface area contributed by atoms with Gasteiger partial charge in [0, 0.05) is 25.4 Å². The maximum atomic E-state index is 13.3. The molecule has 1 N–H and O–H groups in total. The summed E-state index contributed by atoms with van der Waals surface area (Å²) in [6.45, 7) is 1.48. The smallest absolute Gasteiger partial charge is 0.417 e. The quantitative estimate of drug-likeness (QED) is 0.821. The average Bonchev–Trinajstić information content (AvgIpc) is 3.19. The van der Waals surface area contributed by atoms with Crippen molar-refractivity contribution in [3.63, 3.8) is 0 Å². The molecular formula is C17H18F3N3O4S. The second-order valence-electron chi connectivity index (χ2n) is 6.67. The summed E-state index contributed by atoms with van der Waals surface area (Å²) < 4.78 is 67.3. The molecule has 0 aliphatic carbocycles. The number of sulfone groups is 1. The van der Waals surface area contributed by atoms with Gasteiger partial charge >= 0.3 is 12.1 Å². The van der Waals surface area contributed by atoms with Crippen molar-refractivity contribution in [1.29, 1.82) is 0 Å². The minimum atomic E-state index is -4.84. The molecule has 1 aromatic heterocycles. The first-order valence-corrected chi connectivity index (χ1v) is 9.87. The first-order valence-electron chi connectivity index (χ1n) is 8.33. The zero-order valence-electron chi connectivity index (χ0n) is 15.0. The lowest BCUT2D eigenvalue weighted by molar-refractivity contribution is -0.140. The highest BCUT2D eigenvalue weighted by atomic mass is 32.2. The van der Waals surface area contributed by atoms with Crippen molar-refractivity contribution in [3.05, 3.63) is 41.6 Å². The van der Waals surface area contributed by atoms with Crippen LogP contribution < -0.4 is 4.90 Å². The SMILES string of the molecule is Cc1cc(N2C[C@H](S(=O)(=O)c3ccccc3C(F)(F)F)C[C@H]2C(=O)O)nn1C. The molecule has 152 valence electrons. The molecule has 0 bridgehead atoms. The lowest BCUT2D eigenvalue weighted by atomic mass is 10.2. The number of aromatic nitrogens is 2. The van der Waals surface area contributed by atoms with Gasteiger partial charge in [-0.2, -0.15) is 18.3 Å². The third-order valence-corrected chi connectivity index (χ3v) is 7.07. The molecule has 0 radical (unpaired) electrons. The number of alkyl halides is 3. The van der Waals surface area contributed by atoms with Crippen LogP contribution in [-0.2, 0) is 27.9 Å². The van der Waals surface area contributed by atoms with E-state index < -0.39 is 43.7 Å². The van der Waals surface area contributed by atoms with Gasteiger partial charge in [-0.15, -0.1) is 0 Å². The second-order valence-corrected chi connectivity index (χ2v) is 8.87. The average molecular weight is 417 g/mol. The lowest BCUT2D eigenvalue weighted by Crippen LogP contribution is -2.36. The topological polar surface area (TPSA) is 92.5 Å². The molecule has 2 atom stereocenters. The largest absolute Gasteiger partial charge is 0.480 e. The first kappa shape index (κ1) is 20.2. The third-order valence-electron chi connectivity index (χ3n) is 4.88. The minimum Gasteiger partial charge on any atom is -0.480 e. The van der Waals surface area contributed by atoms with Crippen molar-refractivity contribution in [1.82, 2.24) is 9.78 Å². The minimum absolute atomic E-state index is 0.262. The van der Waals surface area contributed by atoms with E-state index in [-0.39, 0.29) is 18.8 Å². The Morgan fingerprint density at radius 1 is 1.29 bits per heavy atom. The molecule has 3 rings (SSSR count). The van der Waals surface area contributed by atoms with Crippen molar-refractivity contribution in [3.8, 4) is 0 Å². The summed E-state index contributed by atoms with van der Waals surface area (Å²) in [7, 11) is -2.77. The Balaban J connectivity index is 2.02. The van der Waals surface area contributed by atoms with Crippen LogP contribution >= 0.6 is 0 Å². The highest BCUT2D eigenvalue weighted by Gasteiger charge is 2.47. The van der Waals surface area contributed by atoms with Crippen molar-refractivity contribution in [2.75, 3.05) is 11.4 Å². The molecule has 2 aromatic rings. The van der Waals surface area contributed by atoms with Gasteiger partial charge in [0.2, 0.25) is 0 Å². The molecule has 0 saturated carbocycles. The number of benzene rings is 1. The number of rotatable bonds is 4. The highest BCUT2D eigenvalue weighted by molar-refractivity contribution is 7.92. The molecule has 2 heterocycles. The summed E-state index contributed by atoms with van der Waals surface area (Å²) in [4.78, 5) is 12.1. The van der Waals surface area contributed by atoms with Crippen LogP contribution in [-0.4, -0.2) is 47.1 Å². The van der Waals surface area contributed by atoms with Crippen LogP contribution in [0.15, 0.2) is 35.2 Å². The number of aryl methyl sites for hydroxylation is 2. The maximum Gasteiger partial charge on any atom is 0.417 e. The van der Waals surface area contributed by atoms with Gasteiger partial charge in [-0.05, 0) is 25.5 Å². The Morgan fingerprint density at radius 2 is 1.93 bits per heavy atom. The van der Waals surface area contributed by atoms with E-state index in [1.165, 1.54) is 15.6 Å². The van der Waals surface area contributed by atoms with Crippen molar-refractivity contribution in [2.24, 2.45) is 7.05 Å². The van der Waals surface area contributed by atoms with Gasteiger partial charge in [0.15, 0.2) is 15.7 Å². The van der Waals surface area contributed by atoms with E-state index in [4.69, 9.17) is 0 Å². The fraction of sp³-hybridized carbons (Fsp3) is 0.412. The third kappa shape index (κ3) is 3.46. The molecule has 1 aliphatic heterocycles. The predicted molar refractivity (Wildman–Crippen MR) is 93.7 cm³/mol. The van der Waals surface area contributed by atoms with E-state index in [1.807, 2.05) is 0 Å². The van der Waals surface area contributed by atoms with Gasteiger partial charge in [-0.25, -0.2) is 13.2 Å². The van der Waals surface area contributed by atoms with Crippen LogP contribution in [0.25, 0.3) is 0 Å². The van der Waals surface area contributed by atoms with E-state index in [2.05, 4.69) is 5.10 Å². The number of aliphatic carboxylic acids is 1. The van der Waals surface area contributed by atoms with Gasteiger partial charge < -0.3 is 10.0 Å². The molecule has 1 aliphatic rings. The van der Waals surface area contributed by atoms with Crippen LogP contribution in [0, 0.1) is 6.92 Å². The zero-order chi connectivity index (χ0) is 20.9. The maximum absolute atomic E-state index is 13.3. The number of hydrogen-bond donors (Lipinski definition) is 1. The summed E-state index contributed by atoms with van der Waals surface area (Å²) >= 11 is 0. The molecule has 7 nitrogen and oxygen atoms in total. The van der Waals surface area contributed by atoms with E-state index in [0.717, 1.165) is 17.8 Å². The van der Waals surface area contributed by atoms with Crippen molar-refractivity contribution < 1.29 is 31.5 Å². The molecule has 1 fully saturated rings. The van der Waals surface area contributed by atoms with Crippen molar-refractivity contribution in [2.45, 2.75) is 35.7 Å². The summed E-state index contributed by atoms with van der Waals surface area (Å²) in [5, 5.41) is 12.4. The molecule has 0 amide bonds. The Labute approximate surface area is 159 Å². The van der Waals surface area contributed by atoms with E-state index in [1.54, 1.807) is 20.0 Å². The number of halogens is 3. The summed E-state index contributed by atoms with van der Waals surface area (Å²) in [6, 6.07) is 4.34. The normalized spacial score (nSPS) is 20.5. The van der Waals surface area contributed by atoms with Crippen LogP contribution in [0.1, 0.15) is 17.7 Å². The Bertz CT molecular complexity index is 997. The van der Waals surface area contributed by atoms with E-state index in [0.29, 0.717) is 6.07 Å². The number of anilines is 1. The molecule has 0 unspecified atom stereocenters. The van der Waals surface area contributed by atoms with Crippen molar-refractivity contribution >= 4 is 21.6 Å². The summed E-state index contributed by atoms with van der Waals surface area (Å²) in [5.74, 6) is -0.987. The van der Waals surface area contributed by atoms with E-state index in [9.17, 15) is 31.5 Å². The Hall–Kier alpha value is -2.56. The van der Waals surface area contributed by atoms with Gasteiger partial charge in [0.25, 0.3) is 0 Å². The lowest BCUT2D eigenvalue weighted by Gasteiger charge is -2.20. The van der Waals surface area contributed by atoms with Crippen LogP contribution in [0.2, 0.25) is 0 Å². The molecule has 1 saturated heterocycles. The zero-order valence-corrected chi connectivity index (χ0v) is 15.8. The van der Waals surface area contributed by atoms with Crippen LogP contribution in [0.5, 0.6) is 0 Å². The van der Waals surface area contributed by atoms with Crippen LogP contribution in [0.4, 0.5) is 19.0 Å².